The molecule has 0 saturated carbocycles. The van der Waals surface area contributed by atoms with Gasteiger partial charge in [0.25, 0.3) is 5.91 Å². The Morgan fingerprint density at radius 1 is 1.35 bits per heavy atom. The van der Waals surface area contributed by atoms with Crippen molar-refractivity contribution < 1.29 is 14.1 Å². The number of anilines is 1. The van der Waals surface area contributed by atoms with Crippen molar-refractivity contribution in [2.45, 2.75) is 39.5 Å². The molecule has 0 spiro atoms. The summed E-state index contributed by atoms with van der Waals surface area (Å²) < 4.78 is 5.07. The third-order valence-corrected chi connectivity index (χ3v) is 7.20. The molecule has 1 aliphatic heterocycles. The number of rotatable bonds is 5. The molecule has 0 aromatic carbocycles. The molecular formula is C22H27N5O3S. The predicted octanol–water partition coefficient (Wildman–Crippen LogP) is 2.83. The van der Waals surface area contributed by atoms with Crippen molar-refractivity contribution >= 4 is 28.2 Å². The Morgan fingerprint density at radius 3 is 2.81 bits per heavy atom. The summed E-state index contributed by atoms with van der Waals surface area (Å²) in [5.41, 5.74) is 2.47. The first-order chi connectivity index (χ1) is 14.9. The first-order valence-electron chi connectivity index (χ1n) is 10.7. The van der Waals surface area contributed by atoms with Crippen LogP contribution in [0.15, 0.2) is 10.6 Å². The highest BCUT2D eigenvalue weighted by molar-refractivity contribution is 7.16. The van der Waals surface area contributed by atoms with Gasteiger partial charge < -0.3 is 14.7 Å². The molecule has 2 aromatic rings. The average molecular weight is 442 g/mol. The van der Waals surface area contributed by atoms with Crippen molar-refractivity contribution in [2.75, 3.05) is 38.0 Å². The van der Waals surface area contributed by atoms with Gasteiger partial charge in [-0.2, -0.15) is 5.26 Å². The topological polar surface area (TPSA) is 102 Å². The zero-order valence-corrected chi connectivity index (χ0v) is 18.8. The van der Waals surface area contributed by atoms with E-state index in [0.717, 1.165) is 24.8 Å². The quantitative estimate of drug-likeness (QED) is 0.765. The van der Waals surface area contributed by atoms with E-state index < -0.39 is 0 Å². The average Bonchev–Trinajstić information content (AvgIpc) is 3.34. The largest absolute Gasteiger partial charge is 0.351 e. The van der Waals surface area contributed by atoms with Gasteiger partial charge >= 0.3 is 0 Å². The molecule has 4 rings (SSSR count). The number of aryl methyl sites for hydroxylation is 1. The molecule has 2 aromatic heterocycles. The minimum Gasteiger partial charge on any atom is -0.351 e. The van der Waals surface area contributed by atoms with Crippen LogP contribution in [0.1, 0.15) is 52.0 Å². The highest BCUT2D eigenvalue weighted by atomic mass is 32.1. The number of fused-ring (bicyclic) bond motifs is 1. The molecule has 31 heavy (non-hydrogen) atoms. The zero-order valence-electron chi connectivity index (χ0n) is 17.9. The number of aromatic nitrogens is 1. The van der Waals surface area contributed by atoms with E-state index in [1.807, 2.05) is 0 Å². The molecule has 2 aliphatic rings. The SMILES string of the molecule is Cc1cc(C(=O)N2CCN(CCC(=O)Nc3sc4c(c3C#N)CCC(C)C4)CC2)on1. The van der Waals surface area contributed by atoms with Gasteiger partial charge in [-0.05, 0) is 37.7 Å². The van der Waals surface area contributed by atoms with Crippen LogP contribution in [0.4, 0.5) is 5.00 Å². The van der Waals surface area contributed by atoms with E-state index in [0.29, 0.717) is 61.3 Å². The summed E-state index contributed by atoms with van der Waals surface area (Å²) in [5.74, 6) is 0.684. The summed E-state index contributed by atoms with van der Waals surface area (Å²) in [6.45, 7) is 7.24. The second kappa shape index (κ2) is 9.20. The fourth-order valence-electron chi connectivity index (χ4n) is 4.20. The maximum atomic E-state index is 12.5. The lowest BCUT2D eigenvalue weighted by molar-refractivity contribution is -0.116. The van der Waals surface area contributed by atoms with E-state index in [4.69, 9.17) is 4.52 Å². The van der Waals surface area contributed by atoms with Gasteiger partial charge in [0.1, 0.15) is 11.1 Å². The molecular weight excluding hydrogens is 414 g/mol. The number of thiophene rings is 1. The molecule has 9 heteroatoms. The van der Waals surface area contributed by atoms with Gasteiger partial charge in [-0.1, -0.05) is 12.1 Å². The van der Waals surface area contributed by atoms with Gasteiger partial charge in [-0.3, -0.25) is 14.5 Å². The Labute approximate surface area is 185 Å². The summed E-state index contributed by atoms with van der Waals surface area (Å²) in [5, 5.41) is 17.0. The Morgan fingerprint density at radius 2 is 2.13 bits per heavy atom. The summed E-state index contributed by atoms with van der Waals surface area (Å²) in [7, 11) is 0. The second-order valence-electron chi connectivity index (χ2n) is 8.43. The van der Waals surface area contributed by atoms with Crippen LogP contribution in [0, 0.1) is 24.2 Å². The first-order valence-corrected chi connectivity index (χ1v) is 11.6. The van der Waals surface area contributed by atoms with Gasteiger partial charge in [-0.25, -0.2) is 0 Å². The zero-order chi connectivity index (χ0) is 22.0. The summed E-state index contributed by atoms with van der Waals surface area (Å²) >= 11 is 1.56. The molecule has 3 heterocycles. The van der Waals surface area contributed by atoms with Crippen molar-refractivity contribution in [2.24, 2.45) is 5.92 Å². The third-order valence-electron chi connectivity index (χ3n) is 6.03. The number of carbonyl (C=O) groups is 2. The first kappa shape index (κ1) is 21.5. The Bertz CT molecular complexity index is 1010. The van der Waals surface area contributed by atoms with Crippen LogP contribution in [-0.2, 0) is 17.6 Å². The fourth-order valence-corrected chi connectivity index (χ4v) is 5.58. The minimum absolute atomic E-state index is 0.0706. The second-order valence-corrected chi connectivity index (χ2v) is 9.54. The van der Waals surface area contributed by atoms with Crippen molar-refractivity contribution in [3.63, 3.8) is 0 Å². The van der Waals surface area contributed by atoms with E-state index >= 15 is 0 Å². The lowest BCUT2D eigenvalue weighted by Gasteiger charge is -2.34. The maximum Gasteiger partial charge on any atom is 0.292 e. The van der Waals surface area contributed by atoms with E-state index in [-0.39, 0.29) is 17.6 Å². The van der Waals surface area contributed by atoms with Gasteiger partial charge in [0, 0.05) is 50.1 Å². The summed E-state index contributed by atoms with van der Waals surface area (Å²) in [4.78, 5) is 30.2. The Hall–Kier alpha value is -2.70. The molecule has 1 atom stereocenters. The number of amides is 2. The Kier molecular flexibility index (Phi) is 6.39. The number of nitriles is 1. The highest BCUT2D eigenvalue weighted by Gasteiger charge is 2.26. The third kappa shape index (κ3) is 4.81. The van der Waals surface area contributed by atoms with Crippen molar-refractivity contribution in [1.29, 1.82) is 5.26 Å². The van der Waals surface area contributed by atoms with E-state index in [1.54, 1.807) is 29.2 Å². The lowest BCUT2D eigenvalue weighted by atomic mass is 9.89. The molecule has 1 N–H and O–H groups in total. The van der Waals surface area contributed by atoms with Crippen LogP contribution in [0.25, 0.3) is 0 Å². The minimum atomic E-state index is -0.141. The number of hydrogen-bond acceptors (Lipinski definition) is 7. The van der Waals surface area contributed by atoms with Crippen LogP contribution < -0.4 is 5.32 Å². The van der Waals surface area contributed by atoms with E-state index in [1.165, 1.54) is 4.88 Å². The number of carbonyl (C=O) groups excluding carboxylic acids is 2. The van der Waals surface area contributed by atoms with Crippen LogP contribution >= 0.6 is 11.3 Å². The predicted molar refractivity (Wildman–Crippen MR) is 117 cm³/mol. The molecule has 8 nitrogen and oxygen atoms in total. The molecule has 164 valence electrons. The van der Waals surface area contributed by atoms with Gasteiger partial charge in [-0.15, -0.1) is 11.3 Å². The van der Waals surface area contributed by atoms with Crippen molar-refractivity contribution in [3.8, 4) is 6.07 Å². The molecule has 1 aliphatic carbocycles. The highest BCUT2D eigenvalue weighted by Crippen LogP contribution is 2.39. The molecule has 1 fully saturated rings. The maximum absolute atomic E-state index is 12.5. The van der Waals surface area contributed by atoms with Gasteiger partial charge in [0.05, 0.1) is 11.3 Å². The summed E-state index contributed by atoms with van der Waals surface area (Å²) in [6.07, 6.45) is 3.36. The van der Waals surface area contributed by atoms with E-state index in [9.17, 15) is 14.9 Å². The van der Waals surface area contributed by atoms with Gasteiger partial charge in [0.2, 0.25) is 11.7 Å². The monoisotopic (exact) mass is 441 g/mol. The van der Waals surface area contributed by atoms with E-state index in [2.05, 4.69) is 28.4 Å². The lowest BCUT2D eigenvalue weighted by Crippen LogP contribution is -2.49. The number of nitrogens with one attached hydrogen (secondary N) is 1. The van der Waals surface area contributed by atoms with Crippen LogP contribution in [0.3, 0.4) is 0 Å². The molecule has 1 saturated heterocycles. The fraction of sp³-hybridized carbons (Fsp3) is 0.545. The van der Waals surface area contributed by atoms with Crippen LogP contribution in [-0.4, -0.2) is 59.5 Å². The number of piperazine rings is 1. The number of hydrogen-bond donors (Lipinski definition) is 1. The Balaban J connectivity index is 1.26. The summed E-state index contributed by atoms with van der Waals surface area (Å²) in [6, 6.07) is 3.95. The van der Waals surface area contributed by atoms with Gasteiger partial charge in [0.15, 0.2) is 0 Å². The number of nitrogens with zero attached hydrogens (tertiary/aromatic N) is 4. The van der Waals surface area contributed by atoms with Crippen LogP contribution in [0.5, 0.6) is 0 Å². The van der Waals surface area contributed by atoms with Crippen molar-refractivity contribution in [3.05, 3.63) is 33.5 Å². The smallest absolute Gasteiger partial charge is 0.292 e. The standard InChI is InChI=1S/C22H27N5O3S/c1-14-3-4-16-17(13-23)21(31-19(16)11-14)24-20(28)5-6-26-7-9-27(10-8-26)22(29)18-12-15(2)25-30-18/h12,14H,3-11H2,1-2H3,(H,24,28). The molecule has 0 bridgehead atoms. The normalized spacial score (nSPS) is 19.0. The van der Waals surface area contributed by atoms with Crippen molar-refractivity contribution in [1.82, 2.24) is 15.0 Å². The van der Waals surface area contributed by atoms with Crippen LogP contribution in [0.2, 0.25) is 0 Å². The molecule has 0 radical (unpaired) electrons. The molecule has 2 amide bonds. The molecule has 1 unspecified atom stereocenters.